The lowest BCUT2D eigenvalue weighted by atomic mass is 10.0. The summed E-state index contributed by atoms with van der Waals surface area (Å²) >= 11 is 6.41. The van der Waals surface area contributed by atoms with Gasteiger partial charge in [0.25, 0.3) is 5.91 Å². The number of carbonyl (C=O) groups excluding carboxylic acids is 2. The number of primary amides is 1. The monoisotopic (exact) mass is 432 g/mol. The first-order chi connectivity index (χ1) is 13.5. The number of rotatable bonds is 3. The van der Waals surface area contributed by atoms with Gasteiger partial charge in [0.15, 0.2) is 0 Å². The van der Waals surface area contributed by atoms with Crippen molar-refractivity contribution in [2.45, 2.75) is 32.2 Å². The maximum Gasteiger partial charge on any atom is 0.408 e. The normalized spacial score (nSPS) is 15.0. The molecule has 1 aliphatic heterocycles. The zero-order valence-corrected chi connectivity index (χ0v) is 15.9. The summed E-state index contributed by atoms with van der Waals surface area (Å²) in [5.41, 5.74) is 6.34. The molecule has 3 amide bonds. The van der Waals surface area contributed by atoms with E-state index >= 15 is 0 Å². The Labute approximate surface area is 168 Å². The Bertz CT molecular complexity index is 974. The van der Waals surface area contributed by atoms with Crippen molar-refractivity contribution >= 4 is 23.5 Å². The van der Waals surface area contributed by atoms with Crippen LogP contribution in [0.4, 0.5) is 22.4 Å². The van der Waals surface area contributed by atoms with Gasteiger partial charge in [0.05, 0.1) is 17.8 Å². The summed E-state index contributed by atoms with van der Waals surface area (Å²) in [6.07, 6.45) is -4.59. The molecule has 0 aliphatic carbocycles. The first-order valence-corrected chi connectivity index (χ1v) is 8.97. The number of fused-ring (bicyclic) bond motifs is 1. The van der Waals surface area contributed by atoms with Gasteiger partial charge in [-0.3, -0.25) is 4.79 Å². The van der Waals surface area contributed by atoms with E-state index in [1.54, 1.807) is 10.6 Å². The number of carbonyl (C=O) groups is 2. The van der Waals surface area contributed by atoms with Crippen LogP contribution in [0.2, 0.25) is 5.15 Å². The minimum absolute atomic E-state index is 0.00182. The number of nitrogens with zero attached hydrogens (tertiary/aromatic N) is 2. The molecule has 3 rings (SSSR count). The van der Waals surface area contributed by atoms with E-state index < -0.39 is 30.0 Å². The highest BCUT2D eigenvalue weighted by molar-refractivity contribution is 6.33. The van der Waals surface area contributed by atoms with Gasteiger partial charge in [-0.2, -0.15) is 13.2 Å². The highest BCUT2D eigenvalue weighted by atomic mass is 35.5. The topological polar surface area (TPSA) is 80.4 Å². The first kappa shape index (κ1) is 21.0. The quantitative estimate of drug-likeness (QED) is 0.728. The fourth-order valence-electron chi connectivity index (χ4n) is 3.22. The van der Waals surface area contributed by atoms with Crippen LogP contribution in [0.5, 0.6) is 0 Å². The number of hydrogen-bond donors (Lipinski definition) is 2. The predicted octanol–water partition coefficient (Wildman–Crippen LogP) is 3.52. The van der Waals surface area contributed by atoms with E-state index in [1.165, 1.54) is 18.2 Å². The van der Waals surface area contributed by atoms with Crippen molar-refractivity contribution < 1.29 is 27.2 Å². The molecule has 6 nitrogen and oxygen atoms in total. The van der Waals surface area contributed by atoms with Crippen LogP contribution in [0.1, 0.15) is 23.0 Å². The second kappa shape index (κ2) is 7.58. The minimum atomic E-state index is -4.59. The number of benzene rings is 1. The van der Waals surface area contributed by atoms with Crippen molar-refractivity contribution in [3.63, 3.8) is 0 Å². The molecular weight excluding hydrogens is 416 g/mol. The molecule has 1 aliphatic rings. The molecule has 1 atom stereocenters. The Balaban J connectivity index is 1.97. The van der Waals surface area contributed by atoms with Crippen LogP contribution in [-0.2, 0) is 13.1 Å². The molecule has 0 fully saturated rings. The second-order valence-electron chi connectivity index (χ2n) is 6.65. The zero-order chi connectivity index (χ0) is 21.5. The van der Waals surface area contributed by atoms with Crippen molar-refractivity contribution in [1.29, 1.82) is 0 Å². The molecule has 3 N–H and O–H groups in total. The average molecular weight is 433 g/mol. The van der Waals surface area contributed by atoms with E-state index in [4.69, 9.17) is 17.3 Å². The van der Waals surface area contributed by atoms with Gasteiger partial charge in [-0.05, 0) is 24.6 Å². The summed E-state index contributed by atoms with van der Waals surface area (Å²) < 4.78 is 53.4. The van der Waals surface area contributed by atoms with Gasteiger partial charge in [-0.1, -0.05) is 23.7 Å². The molecular formula is C18H17ClF4N4O2. The third kappa shape index (κ3) is 4.02. The van der Waals surface area contributed by atoms with Crippen molar-refractivity contribution in [3.8, 4) is 11.1 Å². The fraction of sp³-hybridized carbons (Fsp3) is 0.333. The van der Waals surface area contributed by atoms with Gasteiger partial charge in [0, 0.05) is 18.7 Å². The van der Waals surface area contributed by atoms with Gasteiger partial charge in [-0.15, -0.1) is 0 Å². The number of urea groups is 1. The Morgan fingerprint density at radius 2 is 1.97 bits per heavy atom. The van der Waals surface area contributed by atoms with Crippen LogP contribution in [-0.4, -0.2) is 40.2 Å². The van der Waals surface area contributed by atoms with Crippen molar-refractivity contribution in [2.75, 3.05) is 6.54 Å². The van der Waals surface area contributed by atoms with E-state index in [1.807, 2.05) is 5.32 Å². The maximum absolute atomic E-state index is 13.7. The maximum atomic E-state index is 13.7. The number of alkyl halides is 3. The van der Waals surface area contributed by atoms with Crippen LogP contribution in [0, 0.1) is 5.82 Å². The van der Waals surface area contributed by atoms with Gasteiger partial charge >= 0.3 is 12.2 Å². The summed E-state index contributed by atoms with van der Waals surface area (Å²) in [5.74, 6) is -1.38. The molecule has 0 saturated carbocycles. The van der Waals surface area contributed by atoms with Crippen molar-refractivity contribution in [2.24, 2.45) is 5.73 Å². The van der Waals surface area contributed by atoms with E-state index in [0.29, 0.717) is 5.56 Å². The Hall–Kier alpha value is -2.75. The standard InChI is InChI=1S/C18H17ClF4N4O2/c1-9(18(21,22)23)25-17(29)26-5-6-27-12(8-26)14(16(24)28)13(15(27)19)10-3-2-4-11(20)7-10/h2-4,7,9H,5-6,8H2,1H3,(H2,24,28)(H,25,29)/t9-/m0/s1. The zero-order valence-electron chi connectivity index (χ0n) is 15.2. The summed E-state index contributed by atoms with van der Waals surface area (Å²) in [6, 6.07) is 2.45. The predicted molar refractivity (Wildman–Crippen MR) is 97.8 cm³/mol. The third-order valence-electron chi connectivity index (χ3n) is 4.72. The van der Waals surface area contributed by atoms with E-state index in [2.05, 4.69) is 0 Å². The van der Waals surface area contributed by atoms with Gasteiger partial charge in [0.1, 0.15) is 17.0 Å². The number of aromatic nitrogens is 1. The van der Waals surface area contributed by atoms with Crippen LogP contribution in [0.25, 0.3) is 11.1 Å². The summed E-state index contributed by atoms with van der Waals surface area (Å²) in [7, 11) is 0. The molecule has 0 unspecified atom stereocenters. The van der Waals surface area contributed by atoms with Gasteiger partial charge < -0.3 is 20.5 Å². The van der Waals surface area contributed by atoms with Crippen molar-refractivity contribution in [1.82, 2.24) is 14.8 Å². The van der Waals surface area contributed by atoms with Crippen molar-refractivity contribution in [3.05, 3.63) is 46.5 Å². The molecule has 11 heteroatoms. The Morgan fingerprint density at radius 3 is 2.55 bits per heavy atom. The number of amides is 3. The molecule has 156 valence electrons. The lowest BCUT2D eigenvalue weighted by Crippen LogP contribution is -2.51. The van der Waals surface area contributed by atoms with Crippen LogP contribution in [0.3, 0.4) is 0 Å². The highest BCUT2D eigenvalue weighted by Crippen LogP contribution is 2.38. The molecule has 2 aromatic rings. The first-order valence-electron chi connectivity index (χ1n) is 8.59. The lowest BCUT2D eigenvalue weighted by molar-refractivity contribution is -0.149. The van der Waals surface area contributed by atoms with E-state index in [9.17, 15) is 27.2 Å². The molecule has 29 heavy (non-hydrogen) atoms. The highest BCUT2D eigenvalue weighted by Gasteiger charge is 2.39. The third-order valence-corrected chi connectivity index (χ3v) is 5.11. The Morgan fingerprint density at radius 1 is 1.28 bits per heavy atom. The van der Waals surface area contributed by atoms with Crippen LogP contribution < -0.4 is 11.1 Å². The van der Waals surface area contributed by atoms with Crippen LogP contribution >= 0.6 is 11.6 Å². The molecule has 0 saturated heterocycles. The molecule has 0 radical (unpaired) electrons. The summed E-state index contributed by atoms with van der Waals surface area (Å²) in [4.78, 5) is 25.5. The minimum Gasteiger partial charge on any atom is -0.366 e. The molecule has 1 aromatic heterocycles. The number of halogens is 5. The van der Waals surface area contributed by atoms with Gasteiger partial charge in [0.2, 0.25) is 0 Å². The van der Waals surface area contributed by atoms with E-state index in [0.717, 1.165) is 11.8 Å². The smallest absolute Gasteiger partial charge is 0.366 e. The Kier molecular flexibility index (Phi) is 5.48. The summed E-state index contributed by atoms with van der Waals surface area (Å²) in [6.45, 7) is 0.859. The average Bonchev–Trinajstić information content (AvgIpc) is 2.93. The van der Waals surface area contributed by atoms with Gasteiger partial charge in [-0.25, -0.2) is 9.18 Å². The van der Waals surface area contributed by atoms with E-state index in [-0.39, 0.29) is 41.6 Å². The number of nitrogens with two attached hydrogens (primary N) is 1. The fourth-order valence-corrected chi connectivity index (χ4v) is 3.61. The largest absolute Gasteiger partial charge is 0.408 e. The molecule has 0 bridgehead atoms. The number of hydrogen-bond acceptors (Lipinski definition) is 2. The number of nitrogens with one attached hydrogen (secondary N) is 1. The lowest BCUT2D eigenvalue weighted by Gasteiger charge is -2.31. The van der Waals surface area contributed by atoms with Crippen LogP contribution in [0.15, 0.2) is 24.3 Å². The SMILES string of the molecule is C[C@H](NC(=O)N1CCn2c(Cl)c(-c3cccc(F)c3)c(C(N)=O)c2C1)C(F)(F)F. The summed E-state index contributed by atoms with van der Waals surface area (Å²) in [5, 5.41) is 2.03. The second-order valence-corrected chi connectivity index (χ2v) is 7.01. The molecule has 0 spiro atoms. The molecule has 2 heterocycles. The molecule has 1 aromatic carbocycles.